The van der Waals surface area contributed by atoms with Crippen LogP contribution in [0.5, 0.6) is 5.88 Å². The molecule has 4 aromatic rings. The lowest BCUT2D eigenvalue weighted by Crippen LogP contribution is -2.40. The number of rotatable bonds is 6. The quantitative estimate of drug-likeness (QED) is 0.349. The van der Waals surface area contributed by atoms with Crippen LogP contribution >= 0.6 is 0 Å². The van der Waals surface area contributed by atoms with Crippen LogP contribution in [0.1, 0.15) is 52.9 Å². The summed E-state index contributed by atoms with van der Waals surface area (Å²) in [4.78, 5) is 29.7. The number of aromatic nitrogens is 1. The number of fused-ring (bicyclic) bond motifs is 1. The highest BCUT2D eigenvalue weighted by Gasteiger charge is 2.42. The Morgan fingerprint density at radius 1 is 0.946 bits per heavy atom. The minimum Gasteiger partial charge on any atom is -0.481 e. The Kier molecular flexibility index (Phi) is 6.21. The summed E-state index contributed by atoms with van der Waals surface area (Å²) in [5.74, 6) is -2.49. The van der Waals surface area contributed by atoms with Crippen molar-refractivity contribution in [3.8, 4) is 17.0 Å². The molecular weight excluding hydrogens is 471 g/mol. The van der Waals surface area contributed by atoms with Crippen LogP contribution in [0.25, 0.3) is 11.1 Å². The van der Waals surface area contributed by atoms with Crippen LogP contribution < -0.4 is 10.1 Å². The van der Waals surface area contributed by atoms with E-state index in [1.54, 1.807) is 30.5 Å². The lowest BCUT2D eigenvalue weighted by Gasteiger charge is -2.27. The zero-order chi connectivity index (χ0) is 26.2. The number of amides is 1. The molecule has 2 N–H and O–H groups in total. The zero-order valence-electron chi connectivity index (χ0n) is 20.3. The molecule has 186 valence electrons. The summed E-state index contributed by atoms with van der Waals surface area (Å²) in [6.45, 7) is 3.89. The van der Waals surface area contributed by atoms with Crippen LogP contribution in [0, 0.1) is 5.82 Å². The summed E-state index contributed by atoms with van der Waals surface area (Å²) in [5, 5.41) is 13.1. The van der Waals surface area contributed by atoms with Gasteiger partial charge in [-0.1, -0.05) is 54.6 Å². The minimum atomic E-state index is -1.07. The second-order valence-electron chi connectivity index (χ2n) is 9.55. The van der Waals surface area contributed by atoms with Gasteiger partial charge in [0.15, 0.2) is 0 Å². The molecule has 0 saturated heterocycles. The number of pyridine rings is 1. The van der Waals surface area contributed by atoms with Gasteiger partial charge in [-0.3, -0.25) is 9.59 Å². The maximum atomic E-state index is 13.4. The Balaban J connectivity index is 1.43. The molecule has 1 aliphatic rings. The number of nitrogens with one attached hydrogen (secondary N) is 1. The van der Waals surface area contributed by atoms with E-state index >= 15 is 0 Å². The average Bonchev–Trinajstić information content (AvgIpc) is 3.28. The molecule has 1 amide bonds. The van der Waals surface area contributed by atoms with Crippen molar-refractivity contribution in [2.45, 2.75) is 31.4 Å². The first kappa shape index (κ1) is 24.2. The number of hydrogen-bond donors (Lipinski definition) is 2. The predicted molar refractivity (Wildman–Crippen MR) is 137 cm³/mol. The molecule has 1 aromatic heterocycles. The second kappa shape index (κ2) is 9.50. The number of nitrogens with zero attached hydrogens (tertiary/aromatic N) is 1. The summed E-state index contributed by atoms with van der Waals surface area (Å²) in [7, 11) is 0. The number of ether oxygens (including phenoxy) is 1. The van der Waals surface area contributed by atoms with E-state index in [9.17, 15) is 19.1 Å². The fraction of sp³-hybridized carbons (Fsp3) is 0.167. The molecule has 0 aliphatic carbocycles. The summed E-state index contributed by atoms with van der Waals surface area (Å²) in [6.07, 6.45) is 0.767. The standard InChI is InChI=1S/C30H25FN2O4/c1-30(2,22-9-4-3-5-10-22)33-27(34)20-8-6-7-19(15-20)21-16-24-25(29(35)36)26(37-28(24)32-17-21)18-11-13-23(31)14-12-18/h3-17,25-26H,1-2H3,(H,33,34)(H,35,36). The Morgan fingerprint density at radius 2 is 1.68 bits per heavy atom. The van der Waals surface area contributed by atoms with E-state index in [1.807, 2.05) is 50.2 Å². The second-order valence-corrected chi connectivity index (χ2v) is 9.55. The first-order valence-electron chi connectivity index (χ1n) is 11.9. The molecule has 0 saturated carbocycles. The molecule has 3 aromatic carbocycles. The van der Waals surface area contributed by atoms with Crippen molar-refractivity contribution in [3.63, 3.8) is 0 Å². The third kappa shape index (κ3) is 4.80. The predicted octanol–water partition coefficient (Wildman–Crippen LogP) is 5.85. The van der Waals surface area contributed by atoms with E-state index < -0.39 is 29.3 Å². The van der Waals surface area contributed by atoms with Crippen molar-refractivity contribution in [2.75, 3.05) is 0 Å². The number of halogens is 1. The molecule has 0 bridgehead atoms. The van der Waals surface area contributed by atoms with Gasteiger partial charge in [-0.05, 0) is 60.9 Å². The highest BCUT2D eigenvalue weighted by atomic mass is 19.1. The minimum absolute atomic E-state index is 0.226. The number of carboxylic acids is 1. The van der Waals surface area contributed by atoms with Gasteiger partial charge < -0.3 is 15.2 Å². The van der Waals surface area contributed by atoms with E-state index in [4.69, 9.17) is 4.74 Å². The zero-order valence-corrected chi connectivity index (χ0v) is 20.3. The molecule has 0 spiro atoms. The van der Waals surface area contributed by atoms with Crippen molar-refractivity contribution in [2.24, 2.45) is 0 Å². The number of carbonyl (C=O) groups is 2. The van der Waals surface area contributed by atoms with Crippen LogP contribution in [0.3, 0.4) is 0 Å². The van der Waals surface area contributed by atoms with Crippen molar-refractivity contribution in [1.29, 1.82) is 0 Å². The average molecular weight is 497 g/mol. The van der Waals surface area contributed by atoms with Crippen LogP contribution in [0.15, 0.2) is 91.1 Å². The third-order valence-corrected chi connectivity index (χ3v) is 6.60. The van der Waals surface area contributed by atoms with Crippen LogP contribution in [0.4, 0.5) is 4.39 Å². The summed E-state index contributed by atoms with van der Waals surface area (Å²) < 4.78 is 19.3. The smallest absolute Gasteiger partial charge is 0.315 e. The summed E-state index contributed by atoms with van der Waals surface area (Å²) in [5.41, 5.74) is 3.23. The summed E-state index contributed by atoms with van der Waals surface area (Å²) in [6, 6.07) is 24.1. The largest absolute Gasteiger partial charge is 0.481 e. The highest BCUT2D eigenvalue weighted by Crippen LogP contribution is 2.46. The molecule has 2 unspecified atom stereocenters. The normalized spacial score (nSPS) is 16.5. The van der Waals surface area contributed by atoms with E-state index in [0.717, 1.165) is 11.1 Å². The molecular formula is C30H25FN2O4. The van der Waals surface area contributed by atoms with Gasteiger partial charge >= 0.3 is 5.97 Å². The van der Waals surface area contributed by atoms with Gasteiger partial charge in [0, 0.05) is 22.9 Å². The van der Waals surface area contributed by atoms with Gasteiger partial charge in [0.1, 0.15) is 17.8 Å². The Bertz CT molecular complexity index is 1470. The number of hydrogen-bond acceptors (Lipinski definition) is 4. The third-order valence-electron chi connectivity index (χ3n) is 6.60. The van der Waals surface area contributed by atoms with E-state index in [2.05, 4.69) is 10.3 Å². The SMILES string of the molecule is CC(C)(NC(=O)c1cccc(-c2cnc3c(c2)C(C(=O)O)C(c2ccc(F)cc2)O3)c1)c1ccccc1. The molecule has 1 aliphatic heterocycles. The number of aliphatic carboxylic acids is 1. The maximum absolute atomic E-state index is 13.4. The van der Waals surface area contributed by atoms with Gasteiger partial charge in [-0.15, -0.1) is 0 Å². The van der Waals surface area contributed by atoms with E-state index in [-0.39, 0.29) is 11.8 Å². The number of carboxylic acid groups (broad SMARTS) is 1. The topological polar surface area (TPSA) is 88.5 Å². The van der Waals surface area contributed by atoms with Crippen LogP contribution in [-0.2, 0) is 10.3 Å². The molecule has 5 rings (SSSR count). The van der Waals surface area contributed by atoms with Gasteiger partial charge in [0.2, 0.25) is 5.88 Å². The first-order chi connectivity index (χ1) is 17.7. The molecule has 0 radical (unpaired) electrons. The lowest BCUT2D eigenvalue weighted by atomic mass is 9.90. The Labute approximate surface area is 213 Å². The van der Waals surface area contributed by atoms with Crippen LogP contribution in [0.2, 0.25) is 0 Å². The molecule has 37 heavy (non-hydrogen) atoms. The Hall–Kier alpha value is -4.52. The number of carbonyl (C=O) groups excluding carboxylic acids is 1. The van der Waals surface area contributed by atoms with Gasteiger partial charge in [0.05, 0.1) is 5.54 Å². The molecule has 0 fully saturated rings. The lowest BCUT2D eigenvalue weighted by molar-refractivity contribution is -0.140. The van der Waals surface area contributed by atoms with Crippen molar-refractivity contribution in [1.82, 2.24) is 10.3 Å². The summed E-state index contributed by atoms with van der Waals surface area (Å²) >= 11 is 0. The monoisotopic (exact) mass is 496 g/mol. The van der Waals surface area contributed by atoms with Crippen molar-refractivity contribution >= 4 is 11.9 Å². The first-order valence-corrected chi connectivity index (χ1v) is 11.9. The van der Waals surface area contributed by atoms with Gasteiger partial charge in [-0.2, -0.15) is 0 Å². The van der Waals surface area contributed by atoms with Crippen molar-refractivity contribution in [3.05, 3.63) is 119 Å². The van der Waals surface area contributed by atoms with E-state index in [1.165, 1.54) is 24.3 Å². The van der Waals surface area contributed by atoms with Crippen LogP contribution in [-0.4, -0.2) is 22.0 Å². The number of benzene rings is 3. The van der Waals surface area contributed by atoms with Crippen molar-refractivity contribution < 1.29 is 23.8 Å². The maximum Gasteiger partial charge on any atom is 0.315 e. The highest BCUT2D eigenvalue weighted by molar-refractivity contribution is 5.96. The van der Waals surface area contributed by atoms with Gasteiger partial charge in [-0.25, -0.2) is 9.37 Å². The fourth-order valence-corrected chi connectivity index (χ4v) is 4.60. The van der Waals surface area contributed by atoms with E-state index in [0.29, 0.717) is 22.3 Å². The molecule has 6 nitrogen and oxygen atoms in total. The molecule has 7 heteroatoms. The fourth-order valence-electron chi connectivity index (χ4n) is 4.60. The molecule has 2 atom stereocenters. The Morgan fingerprint density at radius 3 is 2.38 bits per heavy atom. The molecule has 2 heterocycles. The van der Waals surface area contributed by atoms with Gasteiger partial charge in [0.25, 0.3) is 5.91 Å².